The maximum atomic E-state index is 12.8. The minimum atomic E-state index is -0.195. The summed E-state index contributed by atoms with van der Waals surface area (Å²) in [7, 11) is 0. The number of amidine groups is 1. The third kappa shape index (κ3) is 3.68. The van der Waals surface area contributed by atoms with E-state index in [0.717, 1.165) is 28.5 Å². The molecule has 1 saturated heterocycles. The van der Waals surface area contributed by atoms with Crippen LogP contribution in [0, 0.1) is 5.41 Å². The molecule has 1 heterocycles. The third-order valence-electron chi connectivity index (χ3n) is 4.22. The van der Waals surface area contributed by atoms with Crippen molar-refractivity contribution >= 4 is 46.2 Å². The van der Waals surface area contributed by atoms with E-state index in [2.05, 4.69) is 12.1 Å². The lowest BCUT2D eigenvalue weighted by Crippen LogP contribution is -2.27. The minimum absolute atomic E-state index is 0.189. The highest BCUT2D eigenvalue weighted by Gasteiger charge is 2.33. The lowest BCUT2D eigenvalue weighted by atomic mass is 10.0. The second kappa shape index (κ2) is 7.43. The van der Waals surface area contributed by atoms with Crippen molar-refractivity contribution in [2.24, 2.45) is 0 Å². The van der Waals surface area contributed by atoms with Gasteiger partial charge in [-0.1, -0.05) is 66.2 Å². The topological polar surface area (TPSA) is 44.2 Å². The van der Waals surface area contributed by atoms with Gasteiger partial charge in [-0.25, -0.2) is 0 Å². The Morgan fingerprint density at radius 1 is 0.852 bits per heavy atom. The summed E-state index contributed by atoms with van der Waals surface area (Å²) in [5.41, 5.74) is 3.85. The average Bonchev–Trinajstić information content (AvgIpc) is 2.97. The SMILES string of the molecule is N=C1S/C(=C\c2ccc(-c3ccccc3)cc2)C(=O)N1c1ccc(Cl)cc1. The summed E-state index contributed by atoms with van der Waals surface area (Å²) in [5.74, 6) is -0.195. The zero-order chi connectivity index (χ0) is 18.8. The van der Waals surface area contributed by atoms with E-state index in [-0.39, 0.29) is 11.1 Å². The van der Waals surface area contributed by atoms with Gasteiger partial charge in [0.15, 0.2) is 5.17 Å². The second-order valence-corrected chi connectivity index (χ2v) is 7.49. The Kier molecular flexibility index (Phi) is 4.84. The Balaban J connectivity index is 1.58. The van der Waals surface area contributed by atoms with Gasteiger partial charge in [-0.3, -0.25) is 15.1 Å². The van der Waals surface area contributed by atoms with Crippen molar-refractivity contribution < 1.29 is 4.79 Å². The minimum Gasteiger partial charge on any atom is -0.278 e. The van der Waals surface area contributed by atoms with Crippen molar-refractivity contribution in [3.63, 3.8) is 0 Å². The zero-order valence-electron chi connectivity index (χ0n) is 14.2. The smallest absolute Gasteiger partial charge is 0.271 e. The highest BCUT2D eigenvalue weighted by atomic mass is 35.5. The van der Waals surface area contributed by atoms with Crippen LogP contribution in [-0.2, 0) is 4.79 Å². The first-order valence-electron chi connectivity index (χ1n) is 8.35. The lowest BCUT2D eigenvalue weighted by Gasteiger charge is -2.14. The molecule has 1 aliphatic rings. The predicted molar refractivity (Wildman–Crippen MR) is 114 cm³/mol. The largest absolute Gasteiger partial charge is 0.278 e. The Morgan fingerprint density at radius 2 is 1.48 bits per heavy atom. The summed E-state index contributed by atoms with van der Waals surface area (Å²) in [6, 6.07) is 25.1. The van der Waals surface area contributed by atoms with Crippen molar-refractivity contribution in [2.45, 2.75) is 0 Å². The van der Waals surface area contributed by atoms with Gasteiger partial charge in [0.1, 0.15) is 0 Å². The van der Waals surface area contributed by atoms with Gasteiger partial charge in [0.2, 0.25) is 0 Å². The van der Waals surface area contributed by atoms with E-state index in [1.54, 1.807) is 24.3 Å². The van der Waals surface area contributed by atoms with Gasteiger partial charge in [0.05, 0.1) is 10.6 Å². The van der Waals surface area contributed by atoms with Gasteiger partial charge in [-0.15, -0.1) is 0 Å². The van der Waals surface area contributed by atoms with Crippen LogP contribution in [0.1, 0.15) is 5.56 Å². The van der Waals surface area contributed by atoms with E-state index in [4.69, 9.17) is 17.0 Å². The molecule has 1 amide bonds. The fourth-order valence-electron chi connectivity index (χ4n) is 2.87. The summed E-state index contributed by atoms with van der Waals surface area (Å²) in [5, 5.41) is 8.95. The molecule has 0 unspecified atom stereocenters. The summed E-state index contributed by atoms with van der Waals surface area (Å²) < 4.78 is 0. The lowest BCUT2D eigenvalue weighted by molar-refractivity contribution is -0.113. The number of halogens is 1. The molecule has 0 aromatic heterocycles. The molecule has 0 saturated carbocycles. The molecule has 3 nitrogen and oxygen atoms in total. The van der Waals surface area contributed by atoms with Gasteiger partial charge in [0.25, 0.3) is 5.91 Å². The normalized spacial score (nSPS) is 15.6. The number of anilines is 1. The number of carbonyl (C=O) groups is 1. The van der Waals surface area contributed by atoms with E-state index in [1.807, 2.05) is 48.5 Å². The zero-order valence-corrected chi connectivity index (χ0v) is 15.8. The van der Waals surface area contributed by atoms with Crippen LogP contribution in [0.15, 0.2) is 83.8 Å². The number of hydrogen-bond acceptors (Lipinski definition) is 3. The summed E-state index contributed by atoms with van der Waals surface area (Å²) >= 11 is 7.07. The number of thioether (sulfide) groups is 1. The second-order valence-electron chi connectivity index (χ2n) is 6.02. The molecule has 132 valence electrons. The van der Waals surface area contributed by atoms with Crippen LogP contribution in [0.4, 0.5) is 5.69 Å². The number of nitrogens with one attached hydrogen (secondary N) is 1. The highest BCUT2D eigenvalue weighted by molar-refractivity contribution is 8.19. The van der Waals surface area contributed by atoms with Crippen molar-refractivity contribution in [3.05, 3.63) is 94.4 Å². The van der Waals surface area contributed by atoms with Crippen molar-refractivity contribution in [1.29, 1.82) is 5.41 Å². The average molecular weight is 391 g/mol. The van der Waals surface area contributed by atoms with Gasteiger partial charge >= 0.3 is 0 Å². The van der Waals surface area contributed by atoms with Crippen LogP contribution in [0.5, 0.6) is 0 Å². The number of amides is 1. The summed E-state index contributed by atoms with van der Waals surface area (Å²) in [4.78, 5) is 14.7. The first kappa shape index (κ1) is 17.6. The fraction of sp³-hybridized carbons (Fsp3) is 0. The molecule has 3 aromatic carbocycles. The molecule has 0 atom stereocenters. The Hall–Kier alpha value is -2.82. The molecule has 0 aliphatic carbocycles. The maximum Gasteiger partial charge on any atom is 0.271 e. The standard InChI is InChI=1S/C22H15ClN2OS/c23-18-10-12-19(13-11-18)25-21(26)20(27-22(25)24)14-15-6-8-17(9-7-15)16-4-2-1-3-5-16/h1-14,24H/b20-14-,24-22?. The molecular formula is C22H15ClN2OS. The molecule has 1 N–H and O–H groups in total. The van der Waals surface area contributed by atoms with Crippen molar-refractivity contribution in [3.8, 4) is 11.1 Å². The van der Waals surface area contributed by atoms with Crippen LogP contribution in [0.3, 0.4) is 0 Å². The summed E-state index contributed by atoms with van der Waals surface area (Å²) in [6.45, 7) is 0. The first-order valence-corrected chi connectivity index (χ1v) is 9.55. The van der Waals surface area contributed by atoms with Crippen LogP contribution >= 0.6 is 23.4 Å². The molecule has 1 aliphatic heterocycles. The van der Waals surface area contributed by atoms with E-state index in [0.29, 0.717) is 15.6 Å². The van der Waals surface area contributed by atoms with Gasteiger partial charge < -0.3 is 0 Å². The van der Waals surface area contributed by atoms with Crippen LogP contribution < -0.4 is 4.90 Å². The quantitative estimate of drug-likeness (QED) is 0.552. The van der Waals surface area contributed by atoms with E-state index < -0.39 is 0 Å². The molecule has 1 fully saturated rings. The molecule has 27 heavy (non-hydrogen) atoms. The number of rotatable bonds is 3. The molecule has 0 spiro atoms. The van der Waals surface area contributed by atoms with Crippen molar-refractivity contribution in [1.82, 2.24) is 0 Å². The number of benzene rings is 3. The van der Waals surface area contributed by atoms with Gasteiger partial charge in [-0.05, 0) is 58.8 Å². The molecule has 3 aromatic rings. The first-order chi connectivity index (χ1) is 13.1. The van der Waals surface area contributed by atoms with E-state index in [9.17, 15) is 4.79 Å². The summed E-state index contributed by atoms with van der Waals surface area (Å²) in [6.07, 6.45) is 1.83. The van der Waals surface area contributed by atoms with Crippen LogP contribution in [0.25, 0.3) is 17.2 Å². The van der Waals surface area contributed by atoms with Gasteiger partial charge in [-0.2, -0.15) is 0 Å². The predicted octanol–water partition coefficient (Wildman–Crippen LogP) is 6.06. The van der Waals surface area contributed by atoms with Gasteiger partial charge in [0, 0.05) is 5.02 Å². The molecule has 4 rings (SSSR count). The Bertz CT molecular complexity index is 1030. The van der Waals surface area contributed by atoms with Crippen LogP contribution in [0.2, 0.25) is 5.02 Å². The molecule has 0 radical (unpaired) electrons. The number of hydrogen-bond donors (Lipinski definition) is 1. The van der Waals surface area contributed by atoms with Crippen molar-refractivity contribution in [2.75, 3.05) is 4.90 Å². The molecule has 5 heteroatoms. The highest BCUT2D eigenvalue weighted by Crippen LogP contribution is 2.35. The molecular weight excluding hydrogens is 376 g/mol. The number of carbonyl (C=O) groups excluding carboxylic acids is 1. The Labute approximate surface area is 166 Å². The molecule has 0 bridgehead atoms. The fourth-order valence-corrected chi connectivity index (χ4v) is 3.85. The maximum absolute atomic E-state index is 12.8. The third-order valence-corrected chi connectivity index (χ3v) is 5.36. The number of nitrogens with zero attached hydrogens (tertiary/aromatic N) is 1. The van der Waals surface area contributed by atoms with E-state index >= 15 is 0 Å². The monoisotopic (exact) mass is 390 g/mol. The van der Waals surface area contributed by atoms with E-state index in [1.165, 1.54) is 4.90 Å². The van der Waals surface area contributed by atoms with Crippen LogP contribution in [-0.4, -0.2) is 11.1 Å². The Morgan fingerprint density at radius 3 is 2.15 bits per heavy atom.